The van der Waals surface area contributed by atoms with Gasteiger partial charge in [-0.2, -0.15) is 13.2 Å². The van der Waals surface area contributed by atoms with E-state index < -0.39 is 28.8 Å². The van der Waals surface area contributed by atoms with Crippen LogP contribution in [-0.2, 0) is 11.0 Å². The highest BCUT2D eigenvalue weighted by Crippen LogP contribution is 2.35. The number of ether oxygens (including phenoxy) is 2. The summed E-state index contributed by atoms with van der Waals surface area (Å²) in [6.07, 6.45) is -0.655. The number of benzene rings is 1. The minimum absolute atomic E-state index is 0.178. The van der Waals surface area contributed by atoms with Crippen molar-refractivity contribution in [2.24, 2.45) is 0 Å². The molecular weight excluding hydrogens is 551 g/mol. The average molecular weight is 584 g/mol. The molecule has 5 rings (SSSR count). The second kappa shape index (κ2) is 11.9. The van der Waals surface area contributed by atoms with Gasteiger partial charge in [-0.15, -0.1) is 0 Å². The van der Waals surface area contributed by atoms with Gasteiger partial charge in [0.1, 0.15) is 11.5 Å². The van der Waals surface area contributed by atoms with Crippen LogP contribution in [0.25, 0.3) is 0 Å². The van der Waals surface area contributed by atoms with E-state index in [2.05, 4.69) is 14.9 Å². The lowest BCUT2D eigenvalue weighted by atomic mass is 9.89. The maximum Gasteiger partial charge on any atom is 0.417 e. The van der Waals surface area contributed by atoms with Crippen molar-refractivity contribution in [3.8, 4) is 11.5 Å². The molecule has 2 aliphatic heterocycles. The fourth-order valence-corrected chi connectivity index (χ4v) is 5.55. The van der Waals surface area contributed by atoms with Crippen LogP contribution in [0.5, 0.6) is 11.5 Å². The summed E-state index contributed by atoms with van der Waals surface area (Å²) < 4.78 is 53.0. The second-order valence-corrected chi connectivity index (χ2v) is 10.4. The monoisotopic (exact) mass is 583 g/mol. The number of nitrogens with zero attached hydrogens (tertiary/aromatic N) is 5. The molecule has 0 bridgehead atoms. The van der Waals surface area contributed by atoms with E-state index in [-0.39, 0.29) is 25.4 Å². The van der Waals surface area contributed by atoms with Crippen LogP contribution in [-0.4, -0.2) is 83.6 Å². The quantitative estimate of drug-likeness (QED) is 0.430. The van der Waals surface area contributed by atoms with Crippen molar-refractivity contribution >= 4 is 17.5 Å². The van der Waals surface area contributed by atoms with Gasteiger partial charge in [0, 0.05) is 50.8 Å². The average Bonchev–Trinajstić information content (AvgIpc) is 3.01. The topological polar surface area (TPSA) is 88.1 Å². The lowest BCUT2D eigenvalue weighted by Gasteiger charge is -2.45. The molecular formula is C30H32F3N5O4. The number of aryl methyl sites for hydroxylation is 1. The largest absolute Gasteiger partial charge is 0.495 e. The van der Waals surface area contributed by atoms with Gasteiger partial charge in [0.15, 0.2) is 0 Å². The number of anilines is 1. The van der Waals surface area contributed by atoms with Gasteiger partial charge in [-0.3, -0.25) is 19.6 Å². The van der Waals surface area contributed by atoms with Crippen molar-refractivity contribution in [2.45, 2.75) is 31.5 Å². The van der Waals surface area contributed by atoms with Crippen LogP contribution < -0.4 is 14.4 Å². The molecule has 1 aromatic carbocycles. The normalized spacial score (nSPS) is 19.4. The zero-order valence-electron chi connectivity index (χ0n) is 23.4. The minimum Gasteiger partial charge on any atom is -0.495 e. The minimum atomic E-state index is -4.73. The van der Waals surface area contributed by atoms with Gasteiger partial charge in [-0.25, -0.2) is 0 Å². The van der Waals surface area contributed by atoms with Gasteiger partial charge in [0.25, 0.3) is 11.8 Å². The first kappa shape index (κ1) is 29.2. The van der Waals surface area contributed by atoms with Crippen LogP contribution in [0.2, 0.25) is 0 Å². The highest BCUT2D eigenvalue weighted by Gasteiger charge is 2.49. The van der Waals surface area contributed by atoms with Crippen molar-refractivity contribution in [3.05, 3.63) is 77.9 Å². The number of alkyl halides is 3. The first-order chi connectivity index (χ1) is 20.1. The van der Waals surface area contributed by atoms with Crippen LogP contribution in [0.1, 0.15) is 34.5 Å². The molecule has 0 spiro atoms. The van der Waals surface area contributed by atoms with Crippen molar-refractivity contribution in [3.63, 3.8) is 0 Å². The predicted octanol–water partition coefficient (Wildman–Crippen LogP) is 4.22. The van der Waals surface area contributed by atoms with E-state index in [1.165, 1.54) is 11.1 Å². The van der Waals surface area contributed by atoms with E-state index in [0.29, 0.717) is 38.3 Å². The van der Waals surface area contributed by atoms with Gasteiger partial charge in [0.05, 0.1) is 36.7 Å². The number of aromatic nitrogens is 2. The Morgan fingerprint density at radius 2 is 1.71 bits per heavy atom. The Balaban J connectivity index is 1.41. The van der Waals surface area contributed by atoms with E-state index in [0.717, 1.165) is 35.6 Å². The van der Waals surface area contributed by atoms with Crippen molar-refractivity contribution < 1.29 is 32.2 Å². The molecule has 2 aromatic heterocycles. The van der Waals surface area contributed by atoms with E-state index in [1.807, 2.05) is 31.2 Å². The third kappa shape index (κ3) is 5.97. The third-order valence-corrected chi connectivity index (χ3v) is 7.68. The number of amides is 2. The molecule has 0 saturated carbocycles. The number of rotatable bonds is 6. The van der Waals surface area contributed by atoms with Crippen molar-refractivity contribution in [2.75, 3.05) is 51.3 Å². The fourth-order valence-electron chi connectivity index (χ4n) is 5.55. The number of likely N-dealkylation sites (tertiary alicyclic amines) is 1. The van der Waals surface area contributed by atoms with E-state index >= 15 is 0 Å². The Hall–Kier alpha value is -4.35. The number of piperazine rings is 1. The molecule has 4 heterocycles. The summed E-state index contributed by atoms with van der Waals surface area (Å²) in [6, 6.07) is 11.9. The fraction of sp³-hybridized carbons (Fsp3) is 0.400. The summed E-state index contributed by atoms with van der Waals surface area (Å²) in [5, 5.41) is 0. The smallest absolute Gasteiger partial charge is 0.417 e. The Morgan fingerprint density at radius 1 is 0.952 bits per heavy atom. The number of hydrogen-bond donors (Lipinski definition) is 0. The van der Waals surface area contributed by atoms with E-state index in [4.69, 9.17) is 9.47 Å². The van der Waals surface area contributed by atoms with Crippen molar-refractivity contribution in [1.29, 1.82) is 0 Å². The predicted molar refractivity (Wildman–Crippen MR) is 148 cm³/mol. The molecule has 2 amide bonds. The first-order valence-electron chi connectivity index (χ1n) is 13.7. The molecule has 12 heteroatoms. The number of pyridine rings is 2. The van der Waals surface area contributed by atoms with Gasteiger partial charge in [-0.1, -0.05) is 12.1 Å². The zero-order chi connectivity index (χ0) is 29.9. The Morgan fingerprint density at radius 3 is 2.40 bits per heavy atom. The molecule has 1 atom stereocenters. The molecule has 0 aliphatic carbocycles. The molecule has 1 unspecified atom stereocenters. The zero-order valence-corrected chi connectivity index (χ0v) is 23.4. The van der Waals surface area contributed by atoms with Crippen molar-refractivity contribution in [1.82, 2.24) is 19.8 Å². The summed E-state index contributed by atoms with van der Waals surface area (Å²) in [4.78, 5) is 40.9. The van der Waals surface area contributed by atoms with Crippen LogP contribution in [0.3, 0.4) is 0 Å². The maximum absolute atomic E-state index is 14.3. The molecule has 9 nitrogen and oxygen atoms in total. The Bertz CT molecular complexity index is 1430. The molecule has 222 valence electrons. The lowest BCUT2D eigenvalue weighted by molar-refractivity contribution is -0.153. The summed E-state index contributed by atoms with van der Waals surface area (Å²) in [7, 11) is 1.61. The number of halogens is 3. The summed E-state index contributed by atoms with van der Waals surface area (Å²) in [5.74, 6) is -0.0892. The number of carbonyl (C=O) groups is 2. The van der Waals surface area contributed by atoms with Gasteiger partial charge in [-0.05, 0) is 50.1 Å². The summed E-state index contributed by atoms with van der Waals surface area (Å²) in [5.41, 5.74) is -1.45. The molecule has 42 heavy (non-hydrogen) atoms. The summed E-state index contributed by atoms with van der Waals surface area (Å²) >= 11 is 0. The number of hydrogen-bond acceptors (Lipinski definition) is 7. The standard InChI is InChI=1S/C30H32F3N5O4/c1-21-8-9-22(18-35-21)42-29(28(40)37-16-14-36(15-17-37)25-6-3-4-7-26(25)41-2)11-5-13-38(20-29)27(39)23-19-34-12-10-24(23)30(31,32)33/h3-4,6-10,12,18-19H,5,11,13-17,20H2,1-2H3. The van der Waals surface area contributed by atoms with Gasteiger partial charge < -0.3 is 24.2 Å². The highest BCUT2D eigenvalue weighted by atomic mass is 19.4. The van der Waals surface area contributed by atoms with E-state index in [1.54, 1.807) is 24.1 Å². The molecule has 3 aromatic rings. The van der Waals surface area contributed by atoms with Gasteiger partial charge in [0.2, 0.25) is 5.60 Å². The molecule has 2 saturated heterocycles. The molecule has 2 aliphatic rings. The van der Waals surface area contributed by atoms with Crippen LogP contribution in [0.15, 0.2) is 61.1 Å². The van der Waals surface area contributed by atoms with Gasteiger partial charge >= 0.3 is 6.18 Å². The van der Waals surface area contributed by atoms with Crippen LogP contribution >= 0.6 is 0 Å². The Labute approximate surface area is 241 Å². The molecule has 0 N–H and O–H groups in total. The first-order valence-corrected chi connectivity index (χ1v) is 13.7. The summed E-state index contributed by atoms with van der Waals surface area (Å²) in [6.45, 7) is 3.66. The lowest BCUT2D eigenvalue weighted by Crippen LogP contribution is -2.64. The Kier molecular flexibility index (Phi) is 8.24. The number of para-hydroxylation sites is 2. The van der Waals surface area contributed by atoms with Crippen LogP contribution in [0, 0.1) is 6.92 Å². The van der Waals surface area contributed by atoms with Crippen LogP contribution in [0.4, 0.5) is 18.9 Å². The molecule has 2 fully saturated rings. The van der Waals surface area contributed by atoms with E-state index in [9.17, 15) is 22.8 Å². The number of piperidine rings is 1. The highest BCUT2D eigenvalue weighted by molar-refractivity contribution is 5.96. The molecule has 0 radical (unpaired) electrons. The maximum atomic E-state index is 14.3. The SMILES string of the molecule is COc1ccccc1N1CCN(C(=O)C2(Oc3ccc(C)nc3)CCCN(C(=O)c3cnccc3C(F)(F)F)C2)CC1. The third-order valence-electron chi connectivity index (χ3n) is 7.68. The number of carbonyl (C=O) groups excluding carboxylic acids is 2. The number of methoxy groups -OCH3 is 1. The second-order valence-electron chi connectivity index (χ2n) is 10.4.